The number of halogens is 1. The molecule has 4 heteroatoms. The standard InChI is InChI=1S/C15H20FNO2/c1-2-11-6-7-17(14(9-11)15(18)19)10-12-4-3-5-13(16)8-12/h3-5,8,11,14H,2,6-7,9-10H2,1H3,(H,18,19). The summed E-state index contributed by atoms with van der Waals surface area (Å²) in [6.45, 7) is 3.38. The molecule has 1 aromatic rings. The molecule has 3 nitrogen and oxygen atoms in total. The third-order valence-electron chi connectivity index (χ3n) is 3.96. The second kappa shape index (κ2) is 6.15. The quantitative estimate of drug-likeness (QED) is 0.910. The average Bonchev–Trinajstić information content (AvgIpc) is 2.39. The van der Waals surface area contributed by atoms with Gasteiger partial charge >= 0.3 is 5.97 Å². The zero-order valence-corrected chi connectivity index (χ0v) is 11.2. The minimum absolute atomic E-state index is 0.271. The Labute approximate surface area is 113 Å². The van der Waals surface area contributed by atoms with E-state index in [0.29, 0.717) is 18.9 Å². The summed E-state index contributed by atoms with van der Waals surface area (Å²) >= 11 is 0. The zero-order chi connectivity index (χ0) is 13.8. The molecule has 1 aliphatic heterocycles. The number of piperidine rings is 1. The van der Waals surface area contributed by atoms with Crippen molar-refractivity contribution in [3.63, 3.8) is 0 Å². The van der Waals surface area contributed by atoms with Gasteiger partial charge in [-0.3, -0.25) is 9.69 Å². The van der Waals surface area contributed by atoms with Crippen LogP contribution in [0.5, 0.6) is 0 Å². The molecule has 2 unspecified atom stereocenters. The zero-order valence-electron chi connectivity index (χ0n) is 11.2. The lowest BCUT2D eigenvalue weighted by Gasteiger charge is -2.36. The minimum atomic E-state index is -0.769. The molecule has 0 saturated carbocycles. The molecule has 2 rings (SSSR count). The van der Waals surface area contributed by atoms with Gasteiger partial charge in [-0.1, -0.05) is 25.5 Å². The van der Waals surface area contributed by atoms with Gasteiger partial charge in [0.1, 0.15) is 11.9 Å². The van der Waals surface area contributed by atoms with Crippen molar-refractivity contribution in [1.82, 2.24) is 4.90 Å². The van der Waals surface area contributed by atoms with Crippen molar-refractivity contribution >= 4 is 5.97 Å². The summed E-state index contributed by atoms with van der Waals surface area (Å²) in [6, 6.07) is 5.95. The van der Waals surface area contributed by atoms with Gasteiger partial charge < -0.3 is 5.11 Å². The highest BCUT2D eigenvalue weighted by Crippen LogP contribution is 2.27. The predicted molar refractivity (Wildman–Crippen MR) is 71.2 cm³/mol. The summed E-state index contributed by atoms with van der Waals surface area (Å²) in [4.78, 5) is 13.3. The fourth-order valence-electron chi connectivity index (χ4n) is 2.77. The highest BCUT2D eigenvalue weighted by molar-refractivity contribution is 5.73. The number of likely N-dealkylation sites (tertiary alicyclic amines) is 1. The van der Waals surface area contributed by atoms with E-state index in [0.717, 1.165) is 24.9 Å². The van der Waals surface area contributed by atoms with Crippen molar-refractivity contribution in [2.24, 2.45) is 5.92 Å². The second-order valence-corrected chi connectivity index (χ2v) is 5.25. The Morgan fingerprint density at radius 2 is 2.32 bits per heavy atom. The summed E-state index contributed by atoms with van der Waals surface area (Å²) in [5.41, 5.74) is 0.834. The first kappa shape index (κ1) is 14.0. The number of carboxylic acid groups (broad SMARTS) is 1. The number of aliphatic carboxylic acids is 1. The Bertz CT molecular complexity index is 450. The lowest BCUT2D eigenvalue weighted by molar-refractivity contribution is -0.145. The Hall–Kier alpha value is -1.42. The lowest BCUT2D eigenvalue weighted by atomic mass is 9.88. The van der Waals surface area contributed by atoms with Crippen LogP contribution in [-0.2, 0) is 11.3 Å². The first-order chi connectivity index (χ1) is 9.10. The highest BCUT2D eigenvalue weighted by atomic mass is 19.1. The minimum Gasteiger partial charge on any atom is -0.480 e. The van der Waals surface area contributed by atoms with Gasteiger partial charge in [-0.25, -0.2) is 4.39 Å². The number of nitrogens with zero attached hydrogens (tertiary/aromatic N) is 1. The van der Waals surface area contributed by atoms with Gasteiger partial charge in [-0.05, 0) is 43.0 Å². The number of carbonyl (C=O) groups is 1. The van der Waals surface area contributed by atoms with Crippen LogP contribution in [0.2, 0.25) is 0 Å². The van der Waals surface area contributed by atoms with Crippen molar-refractivity contribution in [3.8, 4) is 0 Å². The number of benzene rings is 1. The molecule has 104 valence electrons. The Kier molecular flexibility index (Phi) is 4.53. The third-order valence-corrected chi connectivity index (χ3v) is 3.96. The average molecular weight is 265 g/mol. The molecule has 2 atom stereocenters. The molecule has 0 aliphatic carbocycles. The number of hydrogen-bond donors (Lipinski definition) is 1. The van der Waals surface area contributed by atoms with Gasteiger partial charge in [-0.15, -0.1) is 0 Å². The SMILES string of the molecule is CCC1CCN(Cc2cccc(F)c2)C(C(=O)O)C1. The van der Waals surface area contributed by atoms with Crippen molar-refractivity contribution < 1.29 is 14.3 Å². The maximum Gasteiger partial charge on any atom is 0.320 e. The van der Waals surface area contributed by atoms with Crippen LogP contribution in [0.4, 0.5) is 4.39 Å². The predicted octanol–water partition coefficient (Wildman–Crippen LogP) is 2.90. The first-order valence-electron chi connectivity index (χ1n) is 6.81. The van der Waals surface area contributed by atoms with Gasteiger partial charge in [0.15, 0.2) is 0 Å². The molecule has 1 saturated heterocycles. The van der Waals surface area contributed by atoms with Crippen LogP contribution in [0.15, 0.2) is 24.3 Å². The normalized spacial score (nSPS) is 24.3. The molecule has 1 heterocycles. The third kappa shape index (κ3) is 3.53. The van der Waals surface area contributed by atoms with E-state index < -0.39 is 12.0 Å². The fraction of sp³-hybridized carbons (Fsp3) is 0.533. The van der Waals surface area contributed by atoms with E-state index in [4.69, 9.17) is 0 Å². The number of carboxylic acids is 1. The van der Waals surface area contributed by atoms with Crippen molar-refractivity contribution in [3.05, 3.63) is 35.6 Å². The van der Waals surface area contributed by atoms with Gasteiger partial charge in [0.2, 0.25) is 0 Å². The van der Waals surface area contributed by atoms with E-state index in [1.807, 2.05) is 11.0 Å². The molecular formula is C15H20FNO2. The molecule has 0 amide bonds. The second-order valence-electron chi connectivity index (χ2n) is 5.25. The Morgan fingerprint density at radius 3 is 2.95 bits per heavy atom. The molecule has 0 radical (unpaired) electrons. The van der Waals surface area contributed by atoms with Crippen LogP contribution in [0.3, 0.4) is 0 Å². The molecule has 1 aliphatic rings. The summed E-state index contributed by atoms with van der Waals surface area (Å²) in [7, 11) is 0. The Morgan fingerprint density at radius 1 is 1.53 bits per heavy atom. The Balaban J connectivity index is 2.07. The fourth-order valence-corrected chi connectivity index (χ4v) is 2.77. The van der Waals surface area contributed by atoms with E-state index in [1.54, 1.807) is 6.07 Å². The van der Waals surface area contributed by atoms with Gasteiger partial charge in [-0.2, -0.15) is 0 Å². The van der Waals surface area contributed by atoms with Gasteiger partial charge in [0.25, 0.3) is 0 Å². The molecule has 0 aromatic heterocycles. The van der Waals surface area contributed by atoms with Crippen LogP contribution >= 0.6 is 0 Å². The van der Waals surface area contributed by atoms with Crippen molar-refractivity contribution in [2.75, 3.05) is 6.54 Å². The van der Waals surface area contributed by atoms with E-state index in [1.165, 1.54) is 12.1 Å². The summed E-state index contributed by atoms with van der Waals surface area (Å²) in [5, 5.41) is 9.34. The molecule has 19 heavy (non-hydrogen) atoms. The van der Waals surface area contributed by atoms with Crippen LogP contribution in [0.1, 0.15) is 31.7 Å². The maximum atomic E-state index is 13.2. The van der Waals surface area contributed by atoms with Crippen LogP contribution in [0, 0.1) is 11.7 Å². The monoisotopic (exact) mass is 265 g/mol. The maximum absolute atomic E-state index is 13.2. The highest BCUT2D eigenvalue weighted by Gasteiger charge is 2.32. The molecule has 0 spiro atoms. The lowest BCUT2D eigenvalue weighted by Crippen LogP contribution is -2.46. The molecule has 1 fully saturated rings. The van der Waals surface area contributed by atoms with Gasteiger partial charge in [0, 0.05) is 6.54 Å². The largest absolute Gasteiger partial charge is 0.480 e. The smallest absolute Gasteiger partial charge is 0.320 e. The van der Waals surface area contributed by atoms with Gasteiger partial charge in [0.05, 0.1) is 0 Å². The van der Waals surface area contributed by atoms with Crippen LogP contribution in [-0.4, -0.2) is 28.6 Å². The van der Waals surface area contributed by atoms with E-state index in [2.05, 4.69) is 6.92 Å². The van der Waals surface area contributed by atoms with Crippen molar-refractivity contribution in [1.29, 1.82) is 0 Å². The number of rotatable bonds is 4. The molecule has 0 bridgehead atoms. The van der Waals surface area contributed by atoms with Crippen LogP contribution < -0.4 is 0 Å². The van der Waals surface area contributed by atoms with Crippen LogP contribution in [0.25, 0.3) is 0 Å². The van der Waals surface area contributed by atoms with Crippen molar-refractivity contribution in [2.45, 2.75) is 38.8 Å². The molecule has 1 aromatic carbocycles. The van der Waals surface area contributed by atoms with E-state index in [-0.39, 0.29) is 5.82 Å². The summed E-state index contributed by atoms with van der Waals surface area (Å²) in [5.74, 6) is -0.549. The molecule has 1 N–H and O–H groups in total. The summed E-state index contributed by atoms with van der Waals surface area (Å²) < 4.78 is 13.2. The first-order valence-corrected chi connectivity index (χ1v) is 6.81. The number of hydrogen-bond acceptors (Lipinski definition) is 2. The van der Waals surface area contributed by atoms with E-state index >= 15 is 0 Å². The summed E-state index contributed by atoms with van der Waals surface area (Å²) in [6.07, 6.45) is 2.74. The topological polar surface area (TPSA) is 40.5 Å². The molecular weight excluding hydrogens is 245 g/mol. The van der Waals surface area contributed by atoms with E-state index in [9.17, 15) is 14.3 Å².